The fraction of sp³-hybridized carbons (Fsp3) is 0.333. The normalized spacial score (nSPS) is 17.6. The van der Waals surface area contributed by atoms with Gasteiger partial charge >= 0.3 is 6.18 Å². The lowest BCUT2D eigenvalue weighted by atomic mass is 9.97. The van der Waals surface area contributed by atoms with Gasteiger partial charge < -0.3 is 4.90 Å². The molecule has 29 heavy (non-hydrogen) atoms. The molecule has 1 unspecified atom stereocenters. The van der Waals surface area contributed by atoms with Crippen LogP contribution in [0.5, 0.6) is 0 Å². The van der Waals surface area contributed by atoms with Crippen molar-refractivity contribution < 1.29 is 18.0 Å². The maximum absolute atomic E-state index is 13.0. The fourth-order valence-corrected chi connectivity index (χ4v) is 5.44. The topological polar surface area (TPSA) is 33.2 Å². The molecule has 1 aliphatic heterocycles. The molecule has 1 atom stereocenters. The molecule has 0 spiro atoms. The summed E-state index contributed by atoms with van der Waals surface area (Å²) in [6, 6.07) is 15.1. The molecule has 3 nitrogen and oxygen atoms in total. The molecule has 1 saturated heterocycles. The van der Waals surface area contributed by atoms with Gasteiger partial charge in [-0.25, -0.2) is 4.98 Å². The first-order chi connectivity index (χ1) is 13.9. The second-order valence-electron chi connectivity index (χ2n) is 7.07. The Balaban J connectivity index is 1.37. The number of para-hydroxylation sites is 1. The number of benzene rings is 2. The summed E-state index contributed by atoms with van der Waals surface area (Å²) in [4.78, 5) is 18.5. The Morgan fingerprint density at radius 3 is 2.66 bits per heavy atom. The minimum absolute atomic E-state index is 0.0925. The molecule has 1 amide bonds. The number of fused-ring (bicyclic) bond motifs is 1. The van der Waals surface area contributed by atoms with Crippen LogP contribution in [0.1, 0.15) is 28.8 Å². The second-order valence-corrected chi connectivity index (χ2v) is 9.32. The fourth-order valence-electron chi connectivity index (χ4n) is 3.41. The average molecular weight is 437 g/mol. The number of carbonyl (C=O) groups excluding carboxylic acids is 1. The number of thioether (sulfide) groups is 1. The molecule has 0 radical (unpaired) electrons. The van der Waals surface area contributed by atoms with E-state index in [1.54, 1.807) is 35.2 Å². The van der Waals surface area contributed by atoms with Crippen molar-refractivity contribution in [1.82, 2.24) is 9.88 Å². The molecule has 0 aliphatic carbocycles. The Morgan fingerprint density at radius 2 is 1.93 bits per heavy atom. The number of amides is 1. The quantitative estimate of drug-likeness (QED) is 0.470. The van der Waals surface area contributed by atoms with Crippen molar-refractivity contribution in [2.75, 3.05) is 13.1 Å². The van der Waals surface area contributed by atoms with Gasteiger partial charge in [0.2, 0.25) is 0 Å². The van der Waals surface area contributed by atoms with Gasteiger partial charge in [0, 0.05) is 24.4 Å². The van der Waals surface area contributed by atoms with Gasteiger partial charge in [-0.3, -0.25) is 4.79 Å². The number of piperidine rings is 1. The lowest BCUT2D eigenvalue weighted by Gasteiger charge is -2.33. The molecule has 4 rings (SSSR count). The molecular formula is C21H19F3N2OS2. The third kappa shape index (κ3) is 4.75. The van der Waals surface area contributed by atoms with Gasteiger partial charge in [-0.2, -0.15) is 13.2 Å². The minimum atomic E-state index is -4.25. The number of hydrogen-bond donors (Lipinski definition) is 0. The van der Waals surface area contributed by atoms with Gasteiger partial charge in [0.05, 0.1) is 16.1 Å². The number of hydrogen-bond acceptors (Lipinski definition) is 4. The van der Waals surface area contributed by atoms with E-state index in [4.69, 9.17) is 0 Å². The van der Waals surface area contributed by atoms with Gasteiger partial charge in [0.15, 0.2) is 4.34 Å². The second kappa shape index (κ2) is 8.36. The summed E-state index contributed by atoms with van der Waals surface area (Å²) >= 11 is 3.28. The maximum atomic E-state index is 13.0. The summed E-state index contributed by atoms with van der Waals surface area (Å²) in [5.41, 5.74) is 2.46. The predicted molar refractivity (Wildman–Crippen MR) is 110 cm³/mol. The smallest absolute Gasteiger partial charge is 0.338 e. The van der Waals surface area contributed by atoms with Crippen LogP contribution < -0.4 is 0 Å². The standard InChI is InChI=1S/C21H19F3N2OS2/c22-21(23,24)16-4-3-11-26(12-16)19(27)15-9-7-14(8-10-15)13-28-20-25-17-5-1-2-6-18(17)29-20/h1-2,5-10,16H,3-4,11-13H2. The van der Waals surface area contributed by atoms with Crippen LogP contribution in [0.25, 0.3) is 10.2 Å². The van der Waals surface area contributed by atoms with Crippen LogP contribution in [0.2, 0.25) is 0 Å². The summed E-state index contributed by atoms with van der Waals surface area (Å²) in [5.74, 6) is -1.04. The van der Waals surface area contributed by atoms with Crippen molar-refractivity contribution in [1.29, 1.82) is 0 Å². The highest BCUT2D eigenvalue weighted by atomic mass is 32.2. The van der Waals surface area contributed by atoms with Gasteiger partial charge in [0.1, 0.15) is 0 Å². The van der Waals surface area contributed by atoms with Gasteiger partial charge in [-0.1, -0.05) is 36.0 Å². The van der Waals surface area contributed by atoms with Gasteiger partial charge in [0.25, 0.3) is 5.91 Å². The molecule has 1 aromatic heterocycles. The third-order valence-electron chi connectivity index (χ3n) is 5.01. The van der Waals surface area contributed by atoms with E-state index in [-0.39, 0.29) is 18.9 Å². The largest absolute Gasteiger partial charge is 0.393 e. The molecule has 8 heteroatoms. The number of alkyl halides is 3. The summed E-state index contributed by atoms with van der Waals surface area (Å²) < 4.78 is 41.1. The van der Waals surface area contributed by atoms with Crippen LogP contribution in [-0.4, -0.2) is 35.1 Å². The van der Waals surface area contributed by atoms with E-state index in [0.717, 1.165) is 20.1 Å². The molecule has 1 aliphatic rings. The molecule has 2 aromatic carbocycles. The molecular weight excluding hydrogens is 417 g/mol. The molecule has 3 aromatic rings. The highest BCUT2D eigenvalue weighted by Crippen LogP contribution is 2.34. The molecule has 0 saturated carbocycles. The van der Waals surface area contributed by atoms with E-state index in [1.807, 2.05) is 36.4 Å². The summed E-state index contributed by atoms with van der Waals surface area (Å²) in [6.07, 6.45) is -3.78. The molecule has 2 heterocycles. The monoisotopic (exact) mass is 436 g/mol. The van der Waals surface area contributed by atoms with Crippen LogP contribution >= 0.6 is 23.1 Å². The Bertz CT molecular complexity index is 968. The summed E-state index contributed by atoms with van der Waals surface area (Å²) in [5, 5.41) is 0. The lowest BCUT2D eigenvalue weighted by Crippen LogP contribution is -2.44. The van der Waals surface area contributed by atoms with Crippen LogP contribution in [0.3, 0.4) is 0 Å². The van der Waals surface area contributed by atoms with Crippen LogP contribution in [0.15, 0.2) is 52.9 Å². The number of rotatable bonds is 4. The number of likely N-dealkylation sites (tertiary alicyclic amines) is 1. The highest BCUT2D eigenvalue weighted by molar-refractivity contribution is 8.00. The Hall–Kier alpha value is -2.06. The summed E-state index contributed by atoms with van der Waals surface area (Å²) in [7, 11) is 0. The SMILES string of the molecule is O=C(c1ccc(CSc2nc3ccccc3s2)cc1)N1CCCC(C(F)(F)F)C1. The van der Waals surface area contributed by atoms with Crippen molar-refractivity contribution in [3.63, 3.8) is 0 Å². The van der Waals surface area contributed by atoms with Crippen molar-refractivity contribution >= 4 is 39.2 Å². The van der Waals surface area contributed by atoms with Crippen LogP contribution in [0, 0.1) is 5.92 Å². The van der Waals surface area contributed by atoms with Crippen molar-refractivity contribution in [2.45, 2.75) is 29.1 Å². The molecule has 152 valence electrons. The zero-order valence-corrected chi connectivity index (χ0v) is 17.1. The lowest BCUT2D eigenvalue weighted by molar-refractivity contribution is -0.184. The third-order valence-corrected chi connectivity index (χ3v) is 7.26. The minimum Gasteiger partial charge on any atom is -0.338 e. The number of halogens is 3. The predicted octanol–water partition coefficient (Wildman–Crippen LogP) is 6.00. The Kier molecular flexibility index (Phi) is 5.83. The summed E-state index contributed by atoms with van der Waals surface area (Å²) in [6.45, 7) is 0.123. The van der Waals surface area contributed by atoms with Crippen molar-refractivity contribution in [3.05, 3.63) is 59.7 Å². The first kappa shape index (κ1) is 20.2. The zero-order valence-electron chi connectivity index (χ0n) is 15.5. The number of carbonyl (C=O) groups is 1. The van der Waals surface area contributed by atoms with E-state index in [9.17, 15) is 18.0 Å². The van der Waals surface area contributed by atoms with Crippen LogP contribution in [0.4, 0.5) is 13.2 Å². The van der Waals surface area contributed by atoms with E-state index in [1.165, 1.54) is 4.90 Å². The first-order valence-corrected chi connectivity index (χ1v) is 11.1. The number of aromatic nitrogens is 1. The average Bonchev–Trinajstić information content (AvgIpc) is 3.15. The number of nitrogens with zero attached hydrogens (tertiary/aromatic N) is 2. The molecule has 0 bridgehead atoms. The first-order valence-electron chi connectivity index (χ1n) is 9.33. The van der Waals surface area contributed by atoms with E-state index >= 15 is 0 Å². The molecule has 0 N–H and O–H groups in total. The highest BCUT2D eigenvalue weighted by Gasteiger charge is 2.42. The van der Waals surface area contributed by atoms with Gasteiger partial charge in [-0.05, 0) is 42.7 Å². The zero-order chi connectivity index (χ0) is 20.4. The van der Waals surface area contributed by atoms with E-state index in [2.05, 4.69) is 4.98 Å². The van der Waals surface area contributed by atoms with E-state index in [0.29, 0.717) is 24.3 Å². The molecule has 1 fully saturated rings. The van der Waals surface area contributed by atoms with Gasteiger partial charge in [-0.15, -0.1) is 11.3 Å². The van der Waals surface area contributed by atoms with Crippen LogP contribution in [-0.2, 0) is 5.75 Å². The van der Waals surface area contributed by atoms with Crippen molar-refractivity contribution in [2.24, 2.45) is 5.92 Å². The Morgan fingerprint density at radius 1 is 1.17 bits per heavy atom. The number of thiazole rings is 1. The van der Waals surface area contributed by atoms with E-state index < -0.39 is 12.1 Å². The van der Waals surface area contributed by atoms with Crippen molar-refractivity contribution in [3.8, 4) is 0 Å². The maximum Gasteiger partial charge on any atom is 0.393 e. The Labute approximate surface area is 174 Å².